The van der Waals surface area contributed by atoms with Crippen molar-refractivity contribution in [2.24, 2.45) is 4.99 Å². The molecule has 0 saturated carbocycles. The Bertz CT molecular complexity index is 647. The number of phenolic OH excluding ortho intramolecular Hbond substituents is 1. The number of carbonyl (C=O) groups is 1. The number of hydrogen-bond donors (Lipinski definition) is 4. The average molecular weight is 374 g/mol. The van der Waals surface area contributed by atoms with Crippen molar-refractivity contribution in [1.82, 2.24) is 15.5 Å². The molecule has 2 bridgehead atoms. The summed E-state index contributed by atoms with van der Waals surface area (Å²) in [5, 5.41) is 18.9. The van der Waals surface area contributed by atoms with Gasteiger partial charge in [0.05, 0.1) is 0 Å². The number of phenols is 1. The SMILES string of the molecule is CCNC(=NCC(=O)Nc1ccc(O)cc1)NC1CC2CCCC(C1)N2C. The van der Waals surface area contributed by atoms with Crippen LogP contribution in [0.4, 0.5) is 5.69 Å². The Morgan fingerprint density at radius 3 is 2.52 bits per heavy atom. The van der Waals surface area contributed by atoms with Crippen molar-refractivity contribution >= 4 is 17.6 Å². The molecule has 7 heteroatoms. The Morgan fingerprint density at radius 2 is 1.89 bits per heavy atom. The van der Waals surface area contributed by atoms with E-state index >= 15 is 0 Å². The zero-order chi connectivity index (χ0) is 19.2. The summed E-state index contributed by atoms with van der Waals surface area (Å²) in [4.78, 5) is 19.2. The van der Waals surface area contributed by atoms with Gasteiger partial charge in [0.25, 0.3) is 0 Å². The van der Waals surface area contributed by atoms with Crippen LogP contribution in [-0.2, 0) is 4.79 Å². The molecular weight excluding hydrogens is 342 g/mol. The van der Waals surface area contributed by atoms with Crippen molar-refractivity contribution in [2.75, 3.05) is 25.5 Å². The highest BCUT2D eigenvalue weighted by molar-refractivity contribution is 5.94. The molecule has 148 valence electrons. The highest BCUT2D eigenvalue weighted by atomic mass is 16.3. The molecule has 2 heterocycles. The fourth-order valence-corrected chi connectivity index (χ4v) is 4.14. The molecule has 1 aromatic rings. The van der Waals surface area contributed by atoms with Crippen LogP contribution in [0.25, 0.3) is 0 Å². The molecule has 27 heavy (non-hydrogen) atoms. The minimum Gasteiger partial charge on any atom is -0.508 e. The van der Waals surface area contributed by atoms with Crippen LogP contribution in [0.1, 0.15) is 39.0 Å². The van der Waals surface area contributed by atoms with Crippen LogP contribution in [0.2, 0.25) is 0 Å². The number of aromatic hydroxyl groups is 1. The molecule has 2 fully saturated rings. The van der Waals surface area contributed by atoms with E-state index in [2.05, 4.69) is 32.9 Å². The molecule has 0 aliphatic carbocycles. The van der Waals surface area contributed by atoms with E-state index in [0.29, 0.717) is 29.8 Å². The van der Waals surface area contributed by atoms with Crippen LogP contribution in [0, 0.1) is 0 Å². The first-order valence-electron chi connectivity index (χ1n) is 9.90. The standard InChI is InChI=1S/C20H31N5O2/c1-3-21-20(22-13-19(27)23-14-7-9-18(26)10-8-14)24-15-11-16-5-4-6-17(12-15)25(16)2/h7-10,15-17,26H,3-6,11-13H2,1-2H3,(H,23,27)(H2,21,22,24). The number of nitrogens with one attached hydrogen (secondary N) is 3. The van der Waals surface area contributed by atoms with Gasteiger partial charge in [-0.3, -0.25) is 4.79 Å². The van der Waals surface area contributed by atoms with Gasteiger partial charge in [-0.15, -0.1) is 0 Å². The second kappa shape index (κ2) is 9.08. The van der Waals surface area contributed by atoms with Crippen LogP contribution in [0.15, 0.2) is 29.3 Å². The second-order valence-electron chi connectivity index (χ2n) is 7.51. The summed E-state index contributed by atoms with van der Waals surface area (Å²) in [6, 6.07) is 8.11. The van der Waals surface area contributed by atoms with Crippen molar-refractivity contribution in [3.63, 3.8) is 0 Å². The lowest BCUT2D eigenvalue weighted by molar-refractivity contribution is -0.114. The first kappa shape index (κ1) is 19.5. The van der Waals surface area contributed by atoms with E-state index < -0.39 is 0 Å². The van der Waals surface area contributed by atoms with Gasteiger partial charge in [0.15, 0.2) is 5.96 Å². The summed E-state index contributed by atoms with van der Waals surface area (Å²) < 4.78 is 0. The summed E-state index contributed by atoms with van der Waals surface area (Å²) in [6.07, 6.45) is 6.12. The van der Waals surface area contributed by atoms with Crippen molar-refractivity contribution in [2.45, 2.75) is 57.2 Å². The van der Waals surface area contributed by atoms with Gasteiger partial charge in [-0.25, -0.2) is 4.99 Å². The third-order valence-corrected chi connectivity index (χ3v) is 5.56. The van der Waals surface area contributed by atoms with Gasteiger partial charge in [-0.2, -0.15) is 0 Å². The number of hydrogen-bond acceptors (Lipinski definition) is 4. The Kier molecular flexibility index (Phi) is 6.55. The minimum atomic E-state index is -0.182. The van der Waals surface area contributed by atoms with Crippen LogP contribution < -0.4 is 16.0 Å². The Labute approximate surface area is 161 Å². The predicted molar refractivity (Wildman–Crippen MR) is 108 cm³/mol. The van der Waals surface area contributed by atoms with Crippen LogP contribution in [0.5, 0.6) is 5.75 Å². The number of aliphatic imine (C=N–C) groups is 1. The zero-order valence-electron chi connectivity index (χ0n) is 16.2. The fraction of sp³-hybridized carbons (Fsp3) is 0.600. The molecule has 3 rings (SSSR count). The van der Waals surface area contributed by atoms with Crippen molar-refractivity contribution in [3.05, 3.63) is 24.3 Å². The maximum Gasteiger partial charge on any atom is 0.246 e. The van der Waals surface area contributed by atoms with Gasteiger partial charge in [0.2, 0.25) is 5.91 Å². The van der Waals surface area contributed by atoms with Gasteiger partial charge in [-0.05, 0) is 63.9 Å². The normalized spacial score (nSPS) is 25.7. The molecule has 1 amide bonds. The highest BCUT2D eigenvalue weighted by Gasteiger charge is 2.36. The molecule has 2 atom stereocenters. The van der Waals surface area contributed by atoms with E-state index in [4.69, 9.17) is 0 Å². The molecule has 4 N–H and O–H groups in total. The van der Waals surface area contributed by atoms with Crippen molar-refractivity contribution in [1.29, 1.82) is 0 Å². The maximum absolute atomic E-state index is 12.2. The summed E-state index contributed by atoms with van der Waals surface area (Å²) in [5.41, 5.74) is 0.647. The number of benzene rings is 1. The largest absolute Gasteiger partial charge is 0.508 e. The quantitative estimate of drug-likeness (QED) is 0.360. The average Bonchev–Trinajstić information content (AvgIpc) is 2.63. The maximum atomic E-state index is 12.2. The summed E-state index contributed by atoms with van der Waals surface area (Å²) in [5.74, 6) is 0.691. The van der Waals surface area contributed by atoms with Crippen molar-refractivity contribution in [3.8, 4) is 5.75 Å². The topological polar surface area (TPSA) is 89.0 Å². The third-order valence-electron chi connectivity index (χ3n) is 5.56. The number of anilines is 1. The highest BCUT2D eigenvalue weighted by Crippen LogP contribution is 2.32. The number of rotatable bonds is 5. The molecule has 2 aliphatic heterocycles. The Morgan fingerprint density at radius 1 is 1.22 bits per heavy atom. The van der Waals surface area contributed by atoms with E-state index in [1.807, 2.05) is 6.92 Å². The first-order valence-corrected chi connectivity index (χ1v) is 9.90. The number of carbonyl (C=O) groups excluding carboxylic acids is 1. The molecule has 0 aromatic heterocycles. The minimum absolute atomic E-state index is 0.0513. The molecule has 0 radical (unpaired) electrons. The number of guanidine groups is 1. The van der Waals surface area contributed by atoms with Crippen LogP contribution in [0.3, 0.4) is 0 Å². The number of piperidine rings is 2. The van der Waals surface area contributed by atoms with Gasteiger partial charge in [0.1, 0.15) is 12.3 Å². The third kappa shape index (κ3) is 5.35. The molecule has 2 unspecified atom stereocenters. The lowest BCUT2D eigenvalue weighted by Crippen LogP contribution is -2.56. The number of fused-ring (bicyclic) bond motifs is 2. The van der Waals surface area contributed by atoms with E-state index in [9.17, 15) is 9.90 Å². The van der Waals surface area contributed by atoms with Crippen LogP contribution >= 0.6 is 0 Å². The fourth-order valence-electron chi connectivity index (χ4n) is 4.14. The predicted octanol–water partition coefficient (Wildman–Crippen LogP) is 1.90. The summed E-state index contributed by atoms with van der Waals surface area (Å²) >= 11 is 0. The molecule has 1 aromatic carbocycles. The van der Waals surface area contributed by atoms with Gasteiger partial charge in [-0.1, -0.05) is 6.42 Å². The van der Waals surface area contributed by atoms with E-state index in [1.165, 1.54) is 19.3 Å². The summed E-state index contributed by atoms with van der Waals surface area (Å²) in [6.45, 7) is 2.83. The molecule has 0 spiro atoms. The lowest BCUT2D eigenvalue weighted by atomic mass is 9.82. The smallest absolute Gasteiger partial charge is 0.246 e. The first-order chi connectivity index (χ1) is 13.0. The molecule has 7 nitrogen and oxygen atoms in total. The van der Waals surface area contributed by atoms with Gasteiger partial charge in [0, 0.05) is 30.4 Å². The van der Waals surface area contributed by atoms with E-state index in [-0.39, 0.29) is 18.2 Å². The van der Waals surface area contributed by atoms with Gasteiger partial charge >= 0.3 is 0 Å². The molecule has 2 aliphatic rings. The van der Waals surface area contributed by atoms with E-state index in [0.717, 1.165) is 19.4 Å². The Balaban J connectivity index is 1.54. The van der Waals surface area contributed by atoms with Crippen molar-refractivity contribution < 1.29 is 9.90 Å². The van der Waals surface area contributed by atoms with Crippen LogP contribution in [-0.4, -0.2) is 60.1 Å². The monoisotopic (exact) mass is 373 g/mol. The second-order valence-corrected chi connectivity index (χ2v) is 7.51. The lowest BCUT2D eigenvalue weighted by Gasteiger charge is -2.47. The number of amides is 1. The van der Waals surface area contributed by atoms with Gasteiger partial charge < -0.3 is 26.0 Å². The molecule has 2 saturated heterocycles. The van der Waals surface area contributed by atoms with E-state index in [1.54, 1.807) is 24.3 Å². The summed E-state index contributed by atoms with van der Waals surface area (Å²) in [7, 11) is 2.25. The zero-order valence-corrected chi connectivity index (χ0v) is 16.2. The Hall–Kier alpha value is -2.28. The molecular formula is C20H31N5O2. The number of nitrogens with zero attached hydrogens (tertiary/aromatic N) is 2.